The molecule has 3 fully saturated rings. The molecule has 0 bridgehead atoms. The summed E-state index contributed by atoms with van der Waals surface area (Å²) in [6.45, 7) is 10.5. The molecule has 0 spiro atoms. The highest BCUT2D eigenvalue weighted by Gasteiger charge is 2.26. The predicted octanol–water partition coefficient (Wildman–Crippen LogP) is 1.55. The Morgan fingerprint density at radius 3 is 2.60 bits per heavy atom. The molecule has 0 aromatic carbocycles. The summed E-state index contributed by atoms with van der Waals surface area (Å²) in [4.78, 5) is 14.6. The van der Waals surface area contributed by atoms with E-state index in [0.717, 1.165) is 64.1 Å². The summed E-state index contributed by atoms with van der Waals surface area (Å²) in [6, 6.07) is 2.96. The van der Waals surface area contributed by atoms with Crippen molar-refractivity contribution in [1.29, 1.82) is 0 Å². The number of aromatic nitrogens is 2. The van der Waals surface area contributed by atoms with Gasteiger partial charge >= 0.3 is 0 Å². The Bertz CT molecular complexity index is 561. The molecule has 0 amide bonds. The van der Waals surface area contributed by atoms with E-state index < -0.39 is 0 Å². The fourth-order valence-corrected chi connectivity index (χ4v) is 4.42. The normalized spacial score (nSPS) is 26.8. The first-order valence-electron chi connectivity index (χ1n) is 9.92. The molecule has 1 aromatic rings. The second-order valence-corrected chi connectivity index (χ2v) is 7.61. The van der Waals surface area contributed by atoms with Crippen LogP contribution in [0.15, 0.2) is 6.07 Å². The van der Waals surface area contributed by atoms with Crippen LogP contribution in [0.1, 0.15) is 43.1 Å². The molecule has 4 rings (SSSR count). The minimum Gasteiger partial charge on any atom is -0.381 e. The number of hydrogen-bond acceptors (Lipinski definition) is 6. The molecule has 1 N–H and O–H groups in total. The van der Waals surface area contributed by atoms with E-state index in [1.807, 2.05) is 6.92 Å². The van der Waals surface area contributed by atoms with E-state index in [9.17, 15) is 0 Å². The smallest absolute Gasteiger partial charge is 0.132 e. The zero-order chi connectivity index (χ0) is 17.1. The van der Waals surface area contributed by atoms with E-state index in [0.29, 0.717) is 12.0 Å². The van der Waals surface area contributed by atoms with Crippen LogP contribution in [0.2, 0.25) is 0 Å². The average Bonchev–Trinajstić information content (AvgIpc) is 2.69. The van der Waals surface area contributed by atoms with Gasteiger partial charge < -0.3 is 15.0 Å². The monoisotopic (exact) mass is 345 g/mol. The maximum atomic E-state index is 5.51. The molecular formula is C19H31N5O. The van der Waals surface area contributed by atoms with Crippen molar-refractivity contribution in [1.82, 2.24) is 20.2 Å². The van der Waals surface area contributed by atoms with Crippen LogP contribution in [0.4, 0.5) is 5.82 Å². The summed E-state index contributed by atoms with van der Waals surface area (Å²) in [6.07, 6.45) is 4.85. The highest BCUT2D eigenvalue weighted by atomic mass is 16.5. The highest BCUT2D eigenvalue weighted by molar-refractivity contribution is 5.41. The number of piperidine rings is 1. The van der Waals surface area contributed by atoms with Crippen molar-refractivity contribution in [2.75, 3.05) is 57.4 Å². The van der Waals surface area contributed by atoms with Crippen molar-refractivity contribution in [3.8, 4) is 0 Å². The van der Waals surface area contributed by atoms with Crippen molar-refractivity contribution in [3.63, 3.8) is 0 Å². The molecule has 25 heavy (non-hydrogen) atoms. The number of anilines is 1. The zero-order valence-electron chi connectivity index (χ0n) is 15.4. The second kappa shape index (κ2) is 7.98. The van der Waals surface area contributed by atoms with Gasteiger partial charge in [-0.05, 0) is 39.2 Å². The van der Waals surface area contributed by atoms with Crippen molar-refractivity contribution in [2.45, 2.75) is 44.6 Å². The number of piperazine rings is 1. The maximum Gasteiger partial charge on any atom is 0.132 e. The molecule has 0 saturated carbocycles. The van der Waals surface area contributed by atoms with Gasteiger partial charge in [-0.25, -0.2) is 9.97 Å². The first kappa shape index (κ1) is 17.2. The highest BCUT2D eigenvalue weighted by Crippen LogP contribution is 2.25. The molecule has 4 heterocycles. The van der Waals surface area contributed by atoms with Gasteiger partial charge in [-0.3, -0.25) is 4.90 Å². The van der Waals surface area contributed by atoms with E-state index in [1.165, 1.54) is 31.4 Å². The lowest BCUT2D eigenvalue weighted by Crippen LogP contribution is -2.52. The van der Waals surface area contributed by atoms with Crippen molar-refractivity contribution in [2.24, 2.45) is 0 Å². The third kappa shape index (κ3) is 4.13. The third-order valence-corrected chi connectivity index (χ3v) is 5.90. The van der Waals surface area contributed by atoms with Gasteiger partial charge in [0.25, 0.3) is 0 Å². The minimum absolute atomic E-state index is 0.540. The van der Waals surface area contributed by atoms with E-state index in [2.05, 4.69) is 21.2 Å². The van der Waals surface area contributed by atoms with Gasteiger partial charge in [0.15, 0.2) is 0 Å². The summed E-state index contributed by atoms with van der Waals surface area (Å²) < 4.78 is 5.51. The first-order chi connectivity index (χ1) is 12.3. The molecule has 138 valence electrons. The standard InChI is InChI=1S/C19H31N5O/c1-15-21-18(16-3-2-6-20-14-16)13-19(22-15)24-9-7-23(8-10-24)17-4-11-25-12-5-17/h13,16-17,20H,2-12,14H2,1H3. The quantitative estimate of drug-likeness (QED) is 0.897. The molecule has 1 aromatic heterocycles. The van der Waals surface area contributed by atoms with Crippen LogP contribution in [0.3, 0.4) is 0 Å². The Balaban J connectivity index is 1.41. The molecule has 3 aliphatic heterocycles. The van der Waals surface area contributed by atoms with Gasteiger partial charge in [0.1, 0.15) is 11.6 Å². The summed E-state index contributed by atoms with van der Waals surface area (Å²) in [7, 11) is 0. The Morgan fingerprint density at radius 1 is 1.08 bits per heavy atom. The summed E-state index contributed by atoms with van der Waals surface area (Å²) in [5.41, 5.74) is 1.22. The van der Waals surface area contributed by atoms with Gasteiger partial charge in [-0.15, -0.1) is 0 Å². The van der Waals surface area contributed by atoms with Crippen molar-refractivity contribution < 1.29 is 4.74 Å². The topological polar surface area (TPSA) is 53.5 Å². The van der Waals surface area contributed by atoms with E-state index >= 15 is 0 Å². The molecular weight excluding hydrogens is 314 g/mol. The van der Waals surface area contributed by atoms with Gasteiger partial charge in [0, 0.05) is 64.0 Å². The lowest BCUT2D eigenvalue weighted by molar-refractivity contribution is 0.0321. The van der Waals surface area contributed by atoms with Crippen molar-refractivity contribution in [3.05, 3.63) is 17.6 Å². The molecule has 3 saturated heterocycles. The van der Waals surface area contributed by atoms with Crippen LogP contribution >= 0.6 is 0 Å². The molecule has 6 nitrogen and oxygen atoms in total. The van der Waals surface area contributed by atoms with Crippen LogP contribution in [0.5, 0.6) is 0 Å². The van der Waals surface area contributed by atoms with Gasteiger partial charge in [-0.1, -0.05) is 0 Å². The number of nitrogens with zero attached hydrogens (tertiary/aromatic N) is 4. The van der Waals surface area contributed by atoms with Crippen LogP contribution in [0.25, 0.3) is 0 Å². The number of ether oxygens (including phenoxy) is 1. The molecule has 1 unspecified atom stereocenters. The van der Waals surface area contributed by atoms with Gasteiger partial charge in [0.05, 0.1) is 5.69 Å². The molecule has 0 radical (unpaired) electrons. The average molecular weight is 345 g/mol. The molecule has 1 atom stereocenters. The molecule has 0 aliphatic carbocycles. The van der Waals surface area contributed by atoms with Crippen molar-refractivity contribution >= 4 is 5.82 Å². The van der Waals surface area contributed by atoms with Gasteiger partial charge in [0.2, 0.25) is 0 Å². The van der Waals surface area contributed by atoms with E-state index in [1.54, 1.807) is 0 Å². The maximum absolute atomic E-state index is 5.51. The van der Waals surface area contributed by atoms with Crippen LogP contribution in [0, 0.1) is 6.92 Å². The number of aryl methyl sites for hydroxylation is 1. The number of nitrogens with one attached hydrogen (secondary N) is 1. The van der Waals surface area contributed by atoms with E-state index in [-0.39, 0.29) is 0 Å². The number of hydrogen-bond donors (Lipinski definition) is 1. The second-order valence-electron chi connectivity index (χ2n) is 7.61. The Morgan fingerprint density at radius 2 is 1.88 bits per heavy atom. The van der Waals surface area contributed by atoms with Crippen LogP contribution in [-0.2, 0) is 4.74 Å². The SMILES string of the molecule is Cc1nc(C2CCCNC2)cc(N2CCN(C3CCOCC3)CC2)n1. The number of rotatable bonds is 3. The lowest BCUT2D eigenvalue weighted by atomic mass is 9.96. The van der Waals surface area contributed by atoms with Gasteiger partial charge in [-0.2, -0.15) is 0 Å². The largest absolute Gasteiger partial charge is 0.381 e. The molecule has 3 aliphatic rings. The fraction of sp³-hybridized carbons (Fsp3) is 0.789. The summed E-state index contributed by atoms with van der Waals surface area (Å²) in [5, 5.41) is 3.50. The zero-order valence-corrected chi connectivity index (χ0v) is 15.4. The third-order valence-electron chi connectivity index (χ3n) is 5.90. The minimum atomic E-state index is 0.540. The van der Waals surface area contributed by atoms with E-state index in [4.69, 9.17) is 14.7 Å². The fourth-order valence-electron chi connectivity index (χ4n) is 4.42. The first-order valence-corrected chi connectivity index (χ1v) is 9.92. The Kier molecular flexibility index (Phi) is 5.48. The Labute approximate surface area is 151 Å². The summed E-state index contributed by atoms with van der Waals surface area (Å²) in [5.74, 6) is 2.57. The summed E-state index contributed by atoms with van der Waals surface area (Å²) >= 11 is 0. The van der Waals surface area contributed by atoms with Crippen LogP contribution in [-0.4, -0.2) is 73.4 Å². The van der Waals surface area contributed by atoms with Crippen LogP contribution < -0.4 is 10.2 Å². The predicted molar refractivity (Wildman–Crippen MR) is 99.2 cm³/mol. The molecule has 6 heteroatoms. The lowest BCUT2D eigenvalue weighted by Gasteiger charge is -2.41. The Hall–Kier alpha value is -1.24.